The Morgan fingerprint density at radius 1 is 0.487 bits per heavy atom. The SMILES string of the molecule is COC(=O)c1cc(OC(=O)c2ccc(C#Cc3ccc(C#Cc4ccccc4)cc3)cc2)cc(C(=O)OC)c1. The molecule has 0 radical (unpaired) electrons. The Balaban J connectivity index is 1.43. The fraction of sp³-hybridized carbons (Fsp3) is 0.0606. The molecule has 0 saturated heterocycles. The summed E-state index contributed by atoms with van der Waals surface area (Å²) < 4.78 is 14.8. The number of methoxy groups -OCH3 is 2. The van der Waals surface area contributed by atoms with Gasteiger partial charge in [0.05, 0.1) is 30.9 Å². The van der Waals surface area contributed by atoms with E-state index in [1.165, 1.54) is 32.4 Å². The Kier molecular flexibility index (Phi) is 8.54. The third-order valence-electron chi connectivity index (χ3n) is 5.44. The van der Waals surface area contributed by atoms with E-state index in [2.05, 4.69) is 23.7 Å². The summed E-state index contributed by atoms with van der Waals surface area (Å²) in [6.07, 6.45) is 0. The first-order valence-corrected chi connectivity index (χ1v) is 11.8. The van der Waals surface area contributed by atoms with Crippen LogP contribution in [0, 0.1) is 23.7 Å². The van der Waals surface area contributed by atoms with Gasteiger partial charge in [-0.05, 0) is 78.9 Å². The third-order valence-corrected chi connectivity index (χ3v) is 5.44. The summed E-state index contributed by atoms with van der Waals surface area (Å²) in [6, 6.07) is 27.9. The van der Waals surface area contributed by atoms with Crippen LogP contribution in [0.2, 0.25) is 0 Å². The molecule has 0 bridgehead atoms. The zero-order valence-corrected chi connectivity index (χ0v) is 21.2. The van der Waals surface area contributed by atoms with Crippen LogP contribution in [0.1, 0.15) is 53.3 Å². The van der Waals surface area contributed by atoms with Crippen LogP contribution in [0.5, 0.6) is 5.75 Å². The van der Waals surface area contributed by atoms with Gasteiger partial charge in [0.15, 0.2) is 0 Å². The molecule has 6 heteroatoms. The third kappa shape index (κ3) is 7.22. The first-order valence-electron chi connectivity index (χ1n) is 11.8. The molecule has 39 heavy (non-hydrogen) atoms. The van der Waals surface area contributed by atoms with E-state index in [1.807, 2.05) is 54.6 Å². The minimum absolute atomic E-state index is 0.00377. The van der Waals surface area contributed by atoms with Crippen LogP contribution in [0.25, 0.3) is 0 Å². The zero-order chi connectivity index (χ0) is 27.6. The highest BCUT2D eigenvalue weighted by molar-refractivity contribution is 5.97. The highest BCUT2D eigenvalue weighted by atomic mass is 16.5. The number of ether oxygens (including phenoxy) is 3. The van der Waals surface area contributed by atoms with Gasteiger partial charge in [-0.2, -0.15) is 0 Å². The van der Waals surface area contributed by atoms with E-state index in [1.54, 1.807) is 24.3 Å². The average Bonchev–Trinajstić information content (AvgIpc) is 2.99. The van der Waals surface area contributed by atoms with E-state index in [4.69, 9.17) is 14.2 Å². The van der Waals surface area contributed by atoms with Gasteiger partial charge in [-0.1, -0.05) is 41.9 Å². The Morgan fingerprint density at radius 3 is 1.33 bits per heavy atom. The molecule has 0 amide bonds. The highest BCUT2D eigenvalue weighted by Gasteiger charge is 2.17. The molecule has 0 aliphatic rings. The average molecular weight is 515 g/mol. The van der Waals surface area contributed by atoms with Crippen molar-refractivity contribution in [2.45, 2.75) is 0 Å². The summed E-state index contributed by atoms with van der Waals surface area (Å²) in [5.74, 6) is 10.4. The molecule has 4 aromatic carbocycles. The molecular weight excluding hydrogens is 492 g/mol. The lowest BCUT2D eigenvalue weighted by atomic mass is 10.1. The first kappa shape index (κ1) is 26.5. The Morgan fingerprint density at radius 2 is 0.897 bits per heavy atom. The number of hydrogen-bond acceptors (Lipinski definition) is 6. The molecule has 0 N–H and O–H groups in total. The Labute approximate surface area is 226 Å². The van der Waals surface area contributed by atoms with Gasteiger partial charge in [-0.25, -0.2) is 14.4 Å². The number of carbonyl (C=O) groups excluding carboxylic acids is 3. The molecule has 0 unspecified atom stereocenters. The van der Waals surface area contributed by atoms with Gasteiger partial charge in [0.1, 0.15) is 5.75 Å². The molecule has 190 valence electrons. The van der Waals surface area contributed by atoms with E-state index in [0.29, 0.717) is 5.56 Å². The van der Waals surface area contributed by atoms with Crippen LogP contribution in [0.3, 0.4) is 0 Å². The van der Waals surface area contributed by atoms with E-state index in [-0.39, 0.29) is 22.4 Å². The lowest BCUT2D eigenvalue weighted by Gasteiger charge is -2.09. The van der Waals surface area contributed by atoms with Crippen molar-refractivity contribution in [2.75, 3.05) is 14.2 Å². The van der Waals surface area contributed by atoms with E-state index in [9.17, 15) is 14.4 Å². The van der Waals surface area contributed by atoms with Gasteiger partial charge >= 0.3 is 17.9 Å². The van der Waals surface area contributed by atoms with E-state index < -0.39 is 17.9 Å². The fourth-order valence-corrected chi connectivity index (χ4v) is 3.43. The molecule has 4 aromatic rings. The predicted octanol–water partition coefficient (Wildman–Crippen LogP) is 5.28. The van der Waals surface area contributed by atoms with Gasteiger partial charge in [-0.15, -0.1) is 0 Å². The molecule has 4 rings (SSSR count). The number of benzene rings is 4. The van der Waals surface area contributed by atoms with Gasteiger partial charge in [-0.3, -0.25) is 0 Å². The van der Waals surface area contributed by atoms with Gasteiger partial charge in [0.25, 0.3) is 0 Å². The summed E-state index contributed by atoms with van der Waals surface area (Å²) in [5, 5.41) is 0. The smallest absolute Gasteiger partial charge is 0.343 e. The molecular formula is C33H22O6. The summed E-state index contributed by atoms with van der Waals surface area (Å²) in [6.45, 7) is 0. The Bertz CT molecular complexity index is 1590. The standard InChI is InChI=1S/C33H22O6/c1-37-31(34)28-20-29(32(35)38-2)22-30(21-28)39-33(36)27-18-16-26(17-19-27)15-14-25-12-10-24(11-13-25)9-8-23-6-4-3-5-7-23/h3-7,10-13,16-22H,1-2H3. The van der Waals surface area contributed by atoms with Crippen molar-refractivity contribution in [3.63, 3.8) is 0 Å². The quantitative estimate of drug-likeness (QED) is 0.210. The number of hydrogen-bond donors (Lipinski definition) is 0. The predicted molar refractivity (Wildman–Crippen MR) is 145 cm³/mol. The minimum atomic E-state index is -0.685. The van der Waals surface area contributed by atoms with Crippen LogP contribution in [0.15, 0.2) is 97.1 Å². The Hall–Kier alpha value is -5.59. The second-order valence-electron chi connectivity index (χ2n) is 8.14. The molecule has 0 spiro atoms. The molecule has 0 aromatic heterocycles. The van der Waals surface area contributed by atoms with Crippen LogP contribution in [0.4, 0.5) is 0 Å². The summed E-state index contributed by atoms with van der Waals surface area (Å²) >= 11 is 0. The largest absolute Gasteiger partial charge is 0.465 e. The molecule has 0 aliphatic carbocycles. The second-order valence-corrected chi connectivity index (χ2v) is 8.14. The van der Waals surface area contributed by atoms with Crippen molar-refractivity contribution in [2.24, 2.45) is 0 Å². The van der Waals surface area contributed by atoms with E-state index in [0.717, 1.165) is 16.7 Å². The fourth-order valence-electron chi connectivity index (χ4n) is 3.43. The number of carbonyl (C=O) groups is 3. The van der Waals surface area contributed by atoms with Crippen molar-refractivity contribution in [3.05, 3.63) is 136 Å². The van der Waals surface area contributed by atoms with Crippen molar-refractivity contribution in [1.29, 1.82) is 0 Å². The van der Waals surface area contributed by atoms with Crippen molar-refractivity contribution >= 4 is 17.9 Å². The molecule has 0 saturated carbocycles. The maximum absolute atomic E-state index is 12.7. The van der Waals surface area contributed by atoms with Crippen LogP contribution in [-0.2, 0) is 9.47 Å². The summed E-state index contributed by atoms with van der Waals surface area (Å²) in [7, 11) is 2.42. The maximum atomic E-state index is 12.7. The highest BCUT2D eigenvalue weighted by Crippen LogP contribution is 2.20. The summed E-state index contributed by atoms with van der Waals surface area (Å²) in [5.41, 5.74) is 3.74. The maximum Gasteiger partial charge on any atom is 0.343 e. The molecule has 0 fully saturated rings. The van der Waals surface area contributed by atoms with Gasteiger partial charge in [0.2, 0.25) is 0 Å². The van der Waals surface area contributed by atoms with Gasteiger partial charge in [0, 0.05) is 22.3 Å². The van der Waals surface area contributed by atoms with Crippen LogP contribution in [-0.4, -0.2) is 32.1 Å². The first-order chi connectivity index (χ1) is 18.9. The molecule has 6 nitrogen and oxygen atoms in total. The lowest BCUT2D eigenvalue weighted by molar-refractivity contribution is 0.0593. The van der Waals surface area contributed by atoms with Crippen molar-refractivity contribution < 1.29 is 28.6 Å². The number of esters is 3. The van der Waals surface area contributed by atoms with Crippen LogP contribution < -0.4 is 4.74 Å². The normalized spacial score (nSPS) is 9.69. The molecule has 0 atom stereocenters. The topological polar surface area (TPSA) is 78.9 Å². The van der Waals surface area contributed by atoms with Crippen molar-refractivity contribution in [3.8, 4) is 29.4 Å². The second kappa shape index (κ2) is 12.6. The van der Waals surface area contributed by atoms with Crippen LogP contribution >= 0.6 is 0 Å². The zero-order valence-electron chi connectivity index (χ0n) is 21.2. The van der Waals surface area contributed by atoms with Gasteiger partial charge < -0.3 is 14.2 Å². The molecule has 0 heterocycles. The summed E-state index contributed by atoms with van der Waals surface area (Å²) in [4.78, 5) is 36.6. The lowest BCUT2D eigenvalue weighted by Crippen LogP contribution is -2.11. The van der Waals surface area contributed by atoms with E-state index >= 15 is 0 Å². The number of rotatable bonds is 4. The van der Waals surface area contributed by atoms with Crippen molar-refractivity contribution in [1.82, 2.24) is 0 Å². The molecule has 0 aliphatic heterocycles. The minimum Gasteiger partial charge on any atom is -0.465 e. The monoisotopic (exact) mass is 514 g/mol.